The summed E-state index contributed by atoms with van der Waals surface area (Å²) in [5.41, 5.74) is 1.50. The van der Waals surface area contributed by atoms with Crippen LogP contribution in [-0.2, 0) is 35.2 Å². The standard InChI is InChI=1S/C23H21NO8/c25-18(13-30-19-14-31-22(28)21(19)16-9-5-2-6-10-16)17(11-20(26)27)24-23(29)32-12-15-7-3-1-4-8-15/h1-10,17H,11-14H2,(H,24,29)(H,26,27)/t17-/m0/s1. The smallest absolute Gasteiger partial charge is 0.408 e. The molecule has 1 aliphatic rings. The summed E-state index contributed by atoms with van der Waals surface area (Å²) in [6, 6.07) is 16.2. The lowest BCUT2D eigenvalue weighted by atomic mass is 10.1. The number of alkyl carbamates (subject to hydrolysis) is 1. The van der Waals surface area contributed by atoms with Gasteiger partial charge >= 0.3 is 18.0 Å². The Balaban J connectivity index is 1.61. The minimum atomic E-state index is -1.37. The van der Waals surface area contributed by atoms with Crippen molar-refractivity contribution in [2.24, 2.45) is 0 Å². The molecule has 166 valence electrons. The van der Waals surface area contributed by atoms with Crippen molar-refractivity contribution < 1.29 is 38.5 Å². The highest BCUT2D eigenvalue weighted by atomic mass is 16.6. The maximum absolute atomic E-state index is 12.6. The first kappa shape index (κ1) is 22.5. The number of carbonyl (C=O) groups excluding carboxylic acids is 3. The van der Waals surface area contributed by atoms with Gasteiger partial charge in [-0.05, 0) is 11.1 Å². The quantitative estimate of drug-likeness (QED) is 0.540. The fourth-order valence-electron chi connectivity index (χ4n) is 2.97. The minimum absolute atomic E-state index is 0.0378. The van der Waals surface area contributed by atoms with Gasteiger partial charge in [0.05, 0.1) is 6.42 Å². The first-order chi connectivity index (χ1) is 15.4. The molecule has 1 aliphatic heterocycles. The van der Waals surface area contributed by atoms with Gasteiger partial charge in [-0.1, -0.05) is 60.7 Å². The van der Waals surface area contributed by atoms with E-state index >= 15 is 0 Å². The van der Waals surface area contributed by atoms with Crippen molar-refractivity contribution in [3.05, 3.63) is 77.5 Å². The van der Waals surface area contributed by atoms with Gasteiger partial charge in [-0.2, -0.15) is 0 Å². The number of Topliss-reactive ketones (excluding diaryl/α,β-unsaturated/α-hetero) is 1. The molecule has 1 atom stereocenters. The number of rotatable bonds is 10. The number of carboxylic acid groups (broad SMARTS) is 1. The van der Waals surface area contributed by atoms with Crippen molar-refractivity contribution in [2.45, 2.75) is 19.1 Å². The van der Waals surface area contributed by atoms with Gasteiger partial charge in [-0.15, -0.1) is 0 Å². The molecule has 0 radical (unpaired) electrons. The van der Waals surface area contributed by atoms with Crippen LogP contribution in [0.25, 0.3) is 5.57 Å². The van der Waals surface area contributed by atoms with E-state index < -0.39 is 42.9 Å². The number of carbonyl (C=O) groups is 4. The average Bonchev–Trinajstić information content (AvgIpc) is 3.17. The van der Waals surface area contributed by atoms with Crippen LogP contribution in [0.5, 0.6) is 0 Å². The Bertz CT molecular complexity index is 1020. The Morgan fingerprint density at radius 1 is 1.03 bits per heavy atom. The monoisotopic (exact) mass is 439 g/mol. The molecule has 32 heavy (non-hydrogen) atoms. The molecule has 9 nitrogen and oxygen atoms in total. The number of hydrogen-bond acceptors (Lipinski definition) is 7. The number of benzene rings is 2. The topological polar surface area (TPSA) is 128 Å². The number of nitrogens with one attached hydrogen (secondary N) is 1. The third kappa shape index (κ3) is 6.18. The third-order valence-electron chi connectivity index (χ3n) is 4.54. The molecule has 0 saturated carbocycles. The molecule has 0 unspecified atom stereocenters. The van der Waals surface area contributed by atoms with E-state index in [0.717, 1.165) is 5.56 Å². The van der Waals surface area contributed by atoms with Crippen LogP contribution in [0.15, 0.2) is 66.4 Å². The van der Waals surface area contributed by atoms with E-state index in [1.807, 2.05) is 6.07 Å². The second-order valence-corrected chi connectivity index (χ2v) is 6.85. The van der Waals surface area contributed by atoms with E-state index in [-0.39, 0.29) is 24.5 Å². The summed E-state index contributed by atoms with van der Waals surface area (Å²) in [6.07, 6.45) is -1.58. The summed E-state index contributed by atoms with van der Waals surface area (Å²) in [6.45, 7) is -0.740. The SMILES string of the molecule is O=C(O)C[C@H](NC(=O)OCc1ccccc1)C(=O)COC1=C(c2ccccc2)C(=O)OC1. The highest BCUT2D eigenvalue weighted by molar-refractivity contribution is 6.18. The van der Waals surface area contributed by atoms with Crippen molar-refractivity contribution in [1.82, 2.24) is 5.32 Å². The Morgan fingerprint density at radius 3 is 2.34 bits per heavy atom. The van der Waals surface area contributed by atoms with Crippen LogP contribution in [0.3, 0.4) is 0 Å². The van der Waals surface area contributed by atoms with Crippen LogP contribution in [-0.4, -0.2) is 48.2 Å². The Morgan fingerprint density at radius 2 is 1.69 bits per heavy atom. The molecule has 9 heteroatoms. The van der Waals surface area contributed by atoms with Crippen LogP contribution in [0.2, 0.25) is 0 Å². The second-order valence-electron chi connectivity index (χ2n) is 6.85. The predicted molar refractivity (Wildman–Crippen MR) is 111 cm³/mol. The van der Waals surface area contributed by atoms with Gasteiger partial charge in [-0.25, -0.2) is 9.59 Å². The summed E-state index contributed by atoms with van der Waals surface area (Å²) in [4.78, 5) is 47.8. The molecule has 0 aliphatic carbocycles. The summed E-state index contributed by atoms with van der Waals surface area (Å²) >= 11 is 0. The normalized spacial score (nSPS) is 13.8. The number of amides is 1. The molecule has 0 spiro atoms. The lowest BCUT2D eigenvalue weighted by molar-refractivity contribution is -0.140. The second kappa shape index (κ2) is 10.8. The molecule has 0 fully saturated rings. The van der Waals surface area contributed by atoms with Crippen LogP contribution < -0.4 is 5.32 Å². The maximum Gasteiger partial charge on any atom is 0.408 e. The summed E-state index contributed by atoms with van der Waals surface area (Å²) in [5, 5.41) is 11.4. The zero-order valence-corrected chi connectivity index (χ0v) is 17.0. The molecule has 0 saturated heterocycles. The van der Waals surface area contributed by atoms with Gasteiger partial charge in [-0.3, -0.25) is 9.59 Å². The van der Waals surface area contributed by atoms with Crippen molar-refractivity contribution in [3.63, 3.8) is 0 Å². The number of carboxylic acids is 1. The summed E-state index contributed by atoms with van der Waals surface area (Å²) in [5.74, 6) is -2.39. The number of ether oxygens (including phenoxy) is 3. The molecule has 2 aromatic rings. The molecule has 0 bridgehead atoms. The molecule has 0 aromatic heterocycles. The van der Waals surface area contributed by atoms with E-state index in [1.165, 1.54) is 0 Å². The summed E-state index contributed by atoms with van der Waals surface area (Å²) in [7, 11) is 0. The number of esters is 1. The minimum Gasteiger partial charge on any atom is -0.486 e. The number of hydrogen-bond donors (Lipinski definition) is 2. The number of ketones is 1. The summed E-state index contributed by atoms with van der Waals surface area (Å²) < 4.78 is 15.5. The first-order valence-electron chi connectivity index (χ1n) is 9.74. The maximum atomic E-state index is 12.6. The van der Waals surface area contributed by atoms with Crippen LogP contribution in [0, 0.1) is 0 Å². The molecular formula is C23H21NO8. The molecule has 1 amide bonds. The van der Waals surface area contributed by atoms with Crippen molar-refractivity contribution in [2.75, 3.05) is 13.2 Å². The fraction of sp³-hybridized carbons (Fsp3) is 0.217. The van der Waals surface area contributed by atoms with Gasteiger partial charge in [0.25, 0.3) is 0 Å². The third-order valence-corrected chi connectivity index (χ3v) is 4.54. The van der Waals surface area contributed by atoms with Gasteiger partial charge in [0.15, 0.2) is 5.78 Å². The van der Waals surface area contributed by atoms with Gasteiger partial charge in [0.2, 0.25) is 0 Å². The Labute approximate surface area is 183 Å². The van der Waals surface area contributed by atoms with Crippen LogP contribution in [0.4, 0.5) is 4.79 Å². The molecule has 2 N–H and O–H groups in total. The van der Waals surface area contributed by atoms with E-state index in [9.17, 15) is 19.2 Å². The highest BCUT2D eigenvalue weighted by Crippen LogP contribution is 2.26. The fourth-order valence-corrected chi connectivity index (χ4v) is 2.97. The first-order valence-corrected chi connectivity index (χ1v) is 9.74. The highest BCUT2D eigenvalue weighted by Gasteiger charge is 2.30. The zero-order valence-electron chi connectivity index (χ0n) is 17.0. The zero-order chi connectivity index (χ0) is 22.9. The van der Waals surface area contributed by atoms with Gasteiger partial charge in [0.1, 0.15) is 37.2 Å². The van der Waals surface area contributed by atoms with Crippen LogP contribution in [0.1, 0.15) is 17.5 Å². The van der Waals surface area contributed by atoms with E-state index in [4.69, 9.17) is 19.3 Å². The van der Waals surface area contributed by atoms with Crippen molar-refractivity contribution >= 4 is 29.4 Å². The van der Waals surface area contributed by atoms with Gasteiger partial charge < -0.3 is 24.6 Å². The van der Waals surface area contributed by atoms with Crippen molar-refractivity contribution in [3.8, 4) is 0 Å². The molecule has 2 aromatic carbocycles. The van der Waals surface area contributed by atoms with Crippen LogP contribution >= 0.6 is 0 Å². The van der Waals surface area contributed by atoms with E-state index in [2.05, 4.69) is 5.32 Å². The Hall–Kier alpha value is -4.14. The average molecular weight is 439 g/mol. The predicted octanol–water partition coefficient (Wildman–Crippen LogP) is 2.31. The Kier molecular flexibility index (Phi) is 7.58. The molecule has 1 heterocycles. The van der Waals surface area contributed by atoms with E-state index in [0.29, 0.717) is 5.56 Å². The lowest BCUT2D eigenvalue weighted by Gasteiger charge is -2.16. The van der Waals surface area contributed by atoms with Crippen molar-refractivity contribution in [1.29, 1.82) is 0 Å². The number of cyclic esters (lactones) is 1. The van der Waals surface area contributed by atoms with Gasteiger partial charge in [0, 0.05) is 0 Å². The molecule has 3 rings (SSSR count). The van der Waals surface area contributed by atoms with E-state index in [1.54, 1.807) is 54.6 Å². The largest absolute Gasteiger partial charge is 0.486 e. The number of aliphatic carboxylic acids is 1. The lowest BCUT2D eigenvalue weighted by Crippen LogP contribution is -2.44. The molecular weight excluding hydrogens is 418 g/mol.